The third kappa shape index (κ3) is 15.3. The summed E-state index contributed by atoms with van der Waals surface area (Å²) in [5.41, 5.74) is 0. The molecule has 0 aromatic heterocycles. The van der Waals surface area contributed by atoms with E-state index < -0.39 is 98.6 Å². The summed E-state index contributed by atoms with van der Waals surface area (Å²) in [5, 5.41) is 41.4. The molecule has 2 aliphatic rings. The molecular formula is C12H15NNa4O19S3. The molecule has 204 valence electrons. The first kappa shape index (κ1) is 45.8. The Morgan fingerprint density at radius 2 is 1.49 bits per heavy atom. The van der Waals surface area contributed by atoms with Crippen LogP contribution in [0.2, 0.25) is 0 Å². The van der Waals surface area contributed by atoms with Gasteiger partial charge in [-0.15, -0.1) is 0 Å². The maximum absolute atomic E-state index is 11.1. The minimum atomic E-state index is -5.64. The van der Waals surface area contributed by atoms with Crippen LogP contribution in [0.25, 0.3) is 0 Å². The van der Waals surface area contributed by atoms with E-state index in [2.05, 4.69) is 8.37 Å². The molecule has 27 heteroatoms. The molecule has 1 saturated heterocycles. The quantitative estimate of drug-likeness (QED) is 0.0955. The van der Waals surface area contributed by atoms with Crippen LogP contribution in [0.3, 0.4) is 0 Å². The number of aliphatic hydroxyl groups is 3. The van der Waals surface area contributed by atoms with E-state index in [0.717, 1.165) is 0 Å². The fourth-order valence-electron chi connectivity index (χ4n) is 2.94. The summed E-state index contributed by atoms with van der Waals surface area (Å²) in [5.74, 6) is -3.31. The zero-order valence-electron chi connectivity index (χ0n) is 20.5. The largest absolute Gasteiger partial charge is 1.00 e. The number of rotatable bonds is 10. The zero-order valence-corrected chi connectivity index (χ0v) is 31.0. The summed E-state index contributed by atoms with van der Waals surface area (Å²) in [6.45, 7) is -1.36. The number of carbonyl (C=O) groups is 1. The molecule has 0 aliphatic carbocycles. The van der Waals surface area contributed by atoms with E-state index in [-0.39, 0.29) is 118 Å². The Balaban J connectivity index is -0.00000324. The molecule has 0 saturated carbocycles. The number of nitrogens with one attached hydrogen (secondary N) is 1. The van der Waals surface area contributed by atoms with Crippen molar-refractivity contribution >= 4 is 37.1 Å². The van der Waals surface area contributed by atoms with Crippen LogP contribution in [-0.2, 0) is 58.5 Å². The monoisotopic (exact) mass is 665 g/mol. The van der Waals surface area contributed by atoms with Crippen molar-refractivity contribution in [2.24, 2.45) is 0 Å². The van der Waals surface area contributed by atoms with Gasteiger partial charge in [0.25, 0.3) is 0 Å². The van der Waals surface area contributed by atoms with Crippen LogP contribution in [0.5, 0.6) is 0 Å². The molecular weight excluding hydrogens is 650 g/mol. The smallest absolute Gasteiger partial charge is 0.735 e. The standard InChI is InChI=1S/C12H19NO19S3.4Na/c14-3-1-4(10(16)17)30-12(8(3)32-35(25,26)27)31-9-5(2-28-34(22,23)24)29-11(18)6(7(9)15)13-33(19,20)21;;;;/h1,3,5-9,11-15,18H,2H2,(H,16,17)(H,19,20,21)(H,22,23,24)(H,25,26,27);;;;/q;4*+1/p-4/t3-,5+,6+,7+,8+,9+,11-,12-;;;;/m0..../s1. The average Bonchev–Trinajstić information content (AvgIpc) is 2.65. The first-order chi connectivity index (χ1) is 15.8. The molecule has 20 nitrogen and oxygen atoms in total. The second-order valence-electron chi connectivity index (χ2n) is 6.71. The Morgan fingerprint density at radius 1 is 0.949 bits per heavy atom. The minimum Gasteiger partial charge on any atom is -0.735 e. The molecule has 0 bridgehead atoms. The minimum absolute atomic E-state index is 0. The van der Waals surface area contributed by atoms with Crippen molar-refractivity contribution in [3.8, 4) is 0 Å². The van der Waals surface area contributed by atoms with Crippen LogP contribution in [0.1, 0.15) is 0 Å². The van der Waals surface area contributed by atoms with Crippen LogP contribution in [0.4, 0.5) is 0 Å². The van der Waals surface area contributed by atoms with Gasteiger partial charge in [-0.05, 0) is 6.08 Å². The molecule has 8 atom stereocenters. The van der Waals surface area contributed by atoms with Crippen LogP contribution in [0.15, 0.2) is 11.8 Å². The van der Waals surface area contributed by atoms with Crippen LogP contribution < -0.4 is 128 Å². The maximum Gasteiger partial charge on any atom is 1.00 e. The van der Waals surface area contributed by atoms with E-state index in [1.54, 1.807) is 0 Å². The fraction of sp³-hybridized carbons (Fsp3) is 0.750. The summed E-state index contributed by atoms with van der Waals surface area (Å²) in [4.78, 5) is 11.1. The normalized spacial score (nSPS) is 31.1. The number of aliphatic carboxylic acids is 1. The molecule has 2 aliphatic heterocycles. The Bertz CT molecular complexity index is 1150. The summed E-state index contributed by atoms with van der Waals surface area (Å²) >= 11 is 0. The van der Waals surface area contributed by atoms with E-state index in [1.165, 1.54) is 4.72 Å². The van der Waals surface area contributed by atoms with Gasteiger partial charge in [0.2, 0.25) is 27.1 Å². The number of aliphatic hydroxyl groups excluding tert-OH is 3. The number of hydrogen-bond donors (Lipinski definition) is 4. The van der Waals surface area contributed by atoms with Crippen molar-refractivity contribution in [1.29, 1.82) is 0 Å². The molecule has 0 amide bonds. The first-order valence-electron chi connectivity index (χ1n) is 8.70. The molecule has 2 heterocycles. The maximum atomic E-state index is 11.1. The Hall–Kier alpha value is 2.42. The van der Waals surface area contributed by atoms with Crippen molar-refractivity contribution < 1.29 is 205 Å². The van der Waals surface area contributed by atoms with E-state index in [1.807, 2.05) is 0 Å². The van der Waals surface area contributed by atoms with Gasteiger partial charge in [0.15, 0.2) is 22.7 Å². The molecule has 1 fully saturated rings. The van der Waals surface area contributed by atoms with Crippen molar-refractivity contribution in [3.63, 3.8) is 0 Å². The third-order valence-corrected chi connectivity index (χ3v) is 5.68. The van der Waals surface area contributed by atoms with Crippen molar-refractivity contribution in [3.05, 3.63) is 11.8 Å². The van der Waals surface area contributed by atoms with Crippen LogP contribution in [0, 0.1) is 0 Å². The SMILES string of the molecule is O=C([O-])C1=C[C@H](O)[C@@H](OS(=O)(=O)[O-])[C@H](O[C@H]2[C@H](O)[C@@H](NS(=O)(=O)[O-])[C@@H](O)O[C@@H]2COS(=O)(=O)[O-])O1.[Na+].[Na+].[Na+].[Na+]. The van der Waals surface area contributed by atoms with Gasteiger partial charge in [-0.2, -0.15) is 0 Å². The van der Waals surface area contributed by atoms with E-state index >= 15 is 0 Å². The molecule has 4 N–H and O–H groups in total. The second kappa shape index (κ2) is 18.4. The molecule has 0 aromatic rings. The molecule has 39 heavy (non-hydrogen) atoms. The Kier molecular flexibility index (Phi) is 21.6. The predicted octanol–water partition coefficient (Wildman–Crippen LogP) is -19.4. The Labute approximate surface area is 310 Å². The number of carboxylic acids is 1. The summed E-state index contributed by atoms with van der Waals surface area (Å²) < 4.78 is 122. The van der Waals surface area contributed by atoms with Crippen LogP contribution in [-0.4, -0.2) is 116 Å². The Morgan fingerprint density at radius 3 is 1.92 bits per heavy atom. The topological polar surface area (TPSA) is 331 Å². The molecule has 0 radical (unpaired) electrons. The number of carbonyl (C=O) groups excluding carboxylic acids is 1. The number of hydrogen-bond acceptors (Lipinski definition) is 19. The summed E-state index contributed by atoms with van der Waals surface area (Å²) in [6.07, 6.45) is -15.9. The summed E-state index contributed by atoms with van der Waals surface area (Å²) in [7, 11) is -16.5. The molecule has 0 spiro atoms. The van der Waals surface area contributed by atoms with Gasteiger partial charge in [0.1, 0.15) is 42.2 Å². The van der Waals surface area contributed by atoms with Gasteiger partial charge in [-0.25, -0.2) is 30.0 Å². The van der Waals surface area contributed by atoms with E-state index in [9.17, 15) is 64.1 Å². The second-order valence-corrected chi connectivity index (χ2v) is 9.92. The van der Waals surface area contributed by atoms with Crippen molar-refractivity contribution in [2.75, 3.05) is 6.61 Å². The van der Waals surface area contributed by atoms with Crippen molar-refractivity contribution in [2.45, 2.75) is 49.1 Å². The van der Waals surface area contributed by atoms with Gasteiger partial charge < -0.3 is 53.1 Å². The number of carboxylic acid groups (broad SMARTS) is 1. The van der Waals surface area contributed by atoms with E-state index in [0.29, 0.717) is 6.08 Å². The van der Waals surface area contributed by atoms with E-state index in [4.69, 9.17) is 14.2 Å². The van der Waals surface area contributed by atoms with Crippen LogP contribution >= 0.6 is 0 Å². The fourth-order valence-corrected chi connectivity index (χ4v) is 4.31. The first-order valence-corrected chi connectivity index (χ1v) is 12.8. The van der Waals surface area contributed by atoms with Gasteiger partial charge in [-0.3, -0.25) is 8.37 Å². The van der Waals surface area contributed by atoms with Gasteiger partial charge in [0.05, 0.1) is 6.61 Å². The van der Waals surface area contributed by atoms with Gasteiger partial charge in [-0.1, -0.05) is 0 Å². The predicted molar refractivity (Wildman–Crippen MR) is 92.6 cm³/mol. The molecule has 0 aromatic carbocycles. The van der Waals surface area contributed by atoms with Gasteiger partial charge in [0, 0.05) is 0 Å². The average molecular weight is 665 g/mol. The molecule has 2 rings (SSSR count). The zero-order chi connectivity index (χ0) is 26.9. The van der Waals surface area contributed by atoms with Crippen molar-refractivity contribution in [1.82, 2.24) is 4.72 Å². The third-order valence-electron chi connectivity index (χ3n) is 4.24. The summed E-state index contributed by atoms with van der Waals surface area (Å²) in [6, 6.07) is -2.25. The number of ether oxygens (including phenoxy) is 3. The molecule has 0 unspecified atom stereocenters. The van der Waals surface area contributed by atoms with Gasteiger partial charge >= 0.3 is 118 Å².